The minimum Gasteiger partial charge on any atom is -0.508 e. The van der Waals surface area contributed by atoms with Crippen LogP contribution >= 0.6 is 0 Å². The number of phenolic OH excluding ortho intramolecular Hbond substituents is 1. The van der Waals surface area contributed by atoms with Crippen molar-refractivity contribution >= 4 is 5.78 Å². The number of hydrogen-bond acceptors (Lipinski definition) is 5. The van der Waals surface area contributed by atoms with Gasteiger partial charge in [0.1, 0.15) is 23.2 Å². The Balaban J connectivity index is 2.64. The molecule has 5 nitrogen and oxygen atoms in total. The fourth-order valence-electron chi connectivity index (χ4n) is 2.34. The Hall–Kier alpha value is -2.74. The third-order valence-electron chi connectivity index (χ3n) is 3.21. The van der Waals surface area contributed by atoms with Gasteiger partial charge in [0.05, 0.1) is 5.92 Å². The molecule has 1 aliphatic rings. The van der Waals surface area contributed by atoms with E-state index >= 15 is 0 Å². The summed E-state index contributed by atoms with van der Waals surface area (Å²) < 4.78 is 5.28. The van der Waals surface area contributed by atoms with Crippen LogP contribution in [-0.2, 0) is 9.53 Å². The Bertz CT molecular complexity index is 663. The van der Waals surface area contributed by atoms with E-state index in [4.69, 9.17) is 10.5 Å². The number of hydrogen-bond donors (Lipinski definition) is 2. The molecule has 0 spiro atoms. The van der Waals surface area contributed by atoms with Crippen molar-refractivity contribution in [1.29, 1.82) is 5.26 Å². The van der Waals surface area contributed by atoms with Crippen LogP contribution < -0.4 is 5.73 Å². The molecule has 20 heavy (non-hydrogen) atoms. The molecule has 0 saturated carbocycles. The average Bonchev–Trinajstić information content (AvgIpc) is 2.38. The molecular weight excluding hydrogens is 256 g/mol. The largest absolute Gasteiger partial charge is 0.508 e. The number of ketones is 1. The van der Waals surface area contributed by atoms with Crippen molar-refractivity contribution in [2.24, 2.45) is 5.73 Å². The molecule has 1 aromatic rings. The number of aromatic hydroxyl groups is 1. The average molecular weight is 270 g/mol. The standard InChI is InChI=1S/C15H14N2O3/c1-8(18)13-9(2)20-15(17)12(7-16)14(13)10-3-5-11(19)6-4-10/h3-6,14,19H,17H2,1-2H3/t14-/m0/s1. The number of phenols is 1. The van der Waals surface area contributed by atoms with Crippen LogP contribution in [0.25, 0.3) is 0 Å². The van der Waals surface area contributed by atoms with Gasteiger partial charge in [-0.2, -0.15) is 5.26 Å². The lowest BCUT2D eigenvalue weighted by Crippen LogP contribution is -2.23. The first-order valence-corrected chi connectivity index (χ1v) is 6.04. The van der Waals surface area contributed by atoms with E-state index in [0.29, 0.717) is 16.9 Å². The number of nitrogens with zero attached hydrogens (tertiary/aromatic N) is 1. The van der Waals surface area contributed by atoms with E-state index in [9.17, 15) is 15.2 Å². The third kappa shape index (κ3) is 2.24. The van der Waals surface area contributed by atoms with Crippen LogP contribution in [0.1, 0.15) is 25.3 Å². The van der Waals surface area contributed by atoms with Crippen LogP contribution in [0.2, 0.25) is 0 Å². The summed E-state index contributed by atoms with van der Waals surface area (Å²) >= 11 is 0. The normalized spacial score (nSPS) is 18.6. The maximum Gasteiger partial charge on any atom is 0.205 e. The Morgan fingerprint density at radius 2 is 2.00 bits per heavy atom. The van der Waals surface area contributed by atoms with Crippen LogP contribution in [-0.4, -0.2) is 10.9 Å². The third-order valence-corrected chi connectivity index (χ3v) is 3.21. The number of nitrogens with two attached hydrogens (primary N) is 1. The topological polar surface area (TPSA) is 96.3 Å². The van der Waals surface area contributed by atoms with E-state index in [1.165, 1.54) is 19.1 Å². The highest BCUT2D eigenvalue weighted by Crippen LogP contribution is 2.39. The second-order valence-electron chi connectivity index (χ2n) is 4.54. The van der Waals surface area contributed by atoms with Gasteiger partial charge in [-0.3, -0.25) is 4.79 Å². The van der Waals surface area contributed by atoms with Gasteiger partial charge in [0.2, 0.25) is 5.88 Å². The van der Waals surface area contributed by atoms with Gasteiger partial charge >= 0.3 is 0 Å². The lowest BCUT2D eigenvalue weighted by Gasteiger charge is -2.26. The molecule has 1 atom stereocenters. The number of nitriles is 1. The number of rotatable bonds is 2. The predicted octanol–water partition coefficient (Wildman–Crippen LogP) is 2.06. The number of ether oxygens (including phenoxy) is 1. The fraction of sp³-hybridized carbons (Fsp3) is 0.200. The summed E-state index contributed by atoms with van der Waals surface area (Å²) in [5, 5.41) is 18.6. The predicted molar refractivity (Wildman–Crippen MR) is 72.1 cm³/mol. The summed E-state index contributed by atoms with van der Waals surface area (Å²) in [6.07, 6.45) is 0. The second-order valence-corrected chi connectivity index (χ2v) is 4.54. The molecule has 1 aliphatic heterocycles. The smallest absolute Gasteiger partial charge is 0.205 e. The SMILES string of the molecule is CC(=O)C1=C(C)OC(N)=C(C#N)[C@@H]1c1ccc(O)cc1. The zero-order chi connectivity index (χ0) is 14.9. The monoisotopic (exact) mass is 270 g/mol. The van der Waals surface area contributed by atoms with Gasteiger partial charge in [-0.25, -0.2) is 0 Å². The van der Waals surface area contributed by atoms with Crippen molar-refractivity contribution in [2.75, 3.05) is 0 Å². The van der Waals surface area contributed by atoms with E-state index in [1.54, 1.807) is 19.1 Å². The lowest BCUT2D eigenvalue weighted by molar-refractivity contribution is -0.114. The van der Waals surface area contributed by atoms with E-state index in [1.807, 2.05) is 6.07 Å². The van der Waals surface area contributed by atoms with Crippen molar-refractivity contribution in [2.45, 2.75) is 19.8 Å². The maximum atomic E-state index is 11.9. The van der Waals surface area contributed by atoms with Crippen LogP contribution in [0.5, 0.6) is 5.75 Å². The number of benzene rings is 1. The van der Waals surface area contributed by atoms with Gasteiger partial charge in [-0.15, -0.1) is 0 Å². The molecule has 1 aromatic carbocycles. The molecule has 0 fully saturated rings. The molecule has 0 saturated heterocycles. The summed E-state index contributed by atoms with van der Waals surface area (Å²) in [5.74, 6) is -0.228. The first kappa shape index (κ1) is 13.7. The zero-order valence-corrected chi connectivity index (χ0v) is 11.2. The molecular formula is C15H14N2O3. The number of carbonyl (C=O) groups is 1. The molecule has 2 rings (SSSR count). The first-order valence-electron chi connectivity index (χ1n) is 6.04. The van der Waals surface area contributed by atoms with Crippen LogP contribution in [0.3, 0.4) is 0 Å². The number of carbonyl (C=O) groups excluding carboxylic acids is 1. The van der Waals surface area contributed by atoms with Gasteiger partial charge in [0, 0.05) is 5.57 Å². The quantitative estimate of drug-likeness (QED) is 0.857. The van der Waals surface area contributed by atoms with Gasteiger partial charge in [-0.05, 0) is 31.5 Å². The first-order chi connectivity index (χ1) is 9.45. The van der Waals surface area contributed by atoms with Crippen molar-refractivity contribution in [3.8, 4) is 11.8 Å². The summed E-state index contributed by atoms with van der Waals surface area (Å²) in [4.78, 5) is 11.9. The molecule has 5 heteroatoms. The summed E-state index contributed by atoms with van der Waals surface area (Å²) in [7, 11) is 0. The van der Waals surface area contributed by atoms with Crippen molar-refractivity contribution in [3.63, 3.8) is 0 Å². The van der Waals surface area contributed by atoms with Gasteiger partial charge in [0.15, 0.2) is 5.78 Å². The van der Waals surface area contributed by atoms with Crippen molar-refractivity contribution in [3.05, 3.63) is 52.6 Å². The van der Waals surface area contributed by atoms with E-state index in [0.717, 1.165) is 0 Å². The van der Waals surface area contributed by atoms with Gasteiger partial charge in [0.25, 0.3) is 0 Å². The van der Waals surface area contributed by atoms with E-state index in [-0.39, 0.29) is 23.0 Å². The highest BCUT2D eigenvalue weighted by atomic mass is 16.5. The van der Waals surface area contributed by atoms with Gasteiger partial charge in [-0.1, -0.05) is 12.1 Å². The van der Waals surface area contributed by atoms with Gasteiger partial charge < -0.3 is 15.6 Å². The molecule has 0 aromatic heterocycles. The number of allylic oxidation sites excluding steroid dienone is 3. The van der Waals surface area contributed by atoms with Crippen molar-refractivity contribution in [1.82, 2.24) is 0 Å². The Kier molecular flexibility index (Phi) is 3.49. The molecule has 102 valence electrons. The van der Waals surface area contributed by atoms with E-state index < -0.39 is 5.92 Å². The van der Waals surface area contributed by atoms with Crippen molar-refractivity contribution < 1.29 is 14.6 Å². The summed E-state index contributed by atoms with van der Waals surface area (Å²) in [5.41, 5.74) is 7.05. The van der Waals surface area contributed by atoms with Crippen LogP contribution in [0, 0.1) is 11.3 Å². The molecule has 0 radical (unpaired) electrons. The molecule has 0 aliphatic carbocycles. The minimum atomic E-state index is -0.563. The molecule has 0 amide bonds. The Morgan fingerprint density at radius 3 is 2.50 bits per heavy atom. The molecule has 1 heterocycles. The van der Waals surface area contributed by atoms with Crippen LogP contribution in [0.15, 0.2) is 47.1 Å². The molecule has 3 N–H and O–H groups in total. The summed E-state index contributed by atoms with van der Waals surface area (Å²) in [6.45, 7) is 3.07. The van der Waals surface area contributed by atoms with E-state index in [2.05, 4.69) is 0 Å². The molecule has 0 bridgehead atoms. The summed E-state index contributed by atoms with van der Waals surface area (Å²) in [6, 6.07) is 8.33. The number of Topliss-reactive ketones (excluding diaryl/α,β-unsaturated/α-hetero) is 1. The molecule has 0 unspecified atom stereocenters. The minimum absolute atomic E-state index is 0.00748. The maximum absolute atomic E-state index is 11.9. The Morgan fingerprint density at radius 1 is 1.40 bits per heavy atom. The highest BCUT2D eigenvalue weighted by Gasteiger charge is 2.33. The lowest BCUT2D eigenvalue weighted by atomic mass is 9.81. The second kappa shape index (κ2) is 5.10. The Labute approximate surface area is 116 Å². The fourth-order valence-corrected chi connectivity index (χ4v) is 2.34. The zero-order valence-electron chi connectivity index (χ0n) is 11.2. The highest BCUT2D eigenvalue weighted by molar-refractivity contribution is 5.96. The van der Waals surface area contributed by atoms with Crippen LogP contribution in [0.4, 0.5) is 0 Å².